The Labute approximate surface area is 169 Å². The molecular formula is C22H34N4O2. The summed E-state index contributed by atoms with van der Waals surface area (Å²) in [6.45, 7) is 8.75. The van der Waals surface area contributed by atoms with Crippen LogP contribution in [0.4, 0.5) is 11.4 Å². The Morgan fingerprint density at radius 2 is 1.71 bits per heavy atom. The number of nitrogens with zero attached hydrogens (tertiary/aromatic N) is 4. The van der Waals surface area contributed by atoms with E-state index in [2.05, 4.69) is 35.9 Å². The number of rotatable bonds is 5. The number of carbonyl (C=O) groups is 2. The van der Waals surface area contributed by atoms with Crippen LogP contribution >= 0.6 is 0 Å². The Morgan fingerprint density at radius 1 is 1.04 bits per heavy atom. The van der Waals surface area contributed by atoms with Crippen LogP contribution in [0.25, 0.3) is 0 Å². The molecule has 0 aromatic heterocycles. The fourth-order valence-corrected chi connectivity index (χ4v) is 4.27. The van der Waals surface area contributed by atoms with Crippen molar-refractivity contribution in [2.24, 2.45) is 0 Å². The molecule has 6 heteroatoms. The second-order valence-corrected chi connectivity index (χ2v) is 8.06. The smallest absolute Gasteiger partial charge is 0.242 e. The van der Waals surface area contributed by atoms with Gasteiger partial charge in [0, 0.05) is 57.1 Å². The first-order valence-corrected chi connectivity index (χ1v) is 10.6. The first-order chi connectivity index (χ1) is 13.5. The van der Waals surface area contributed by atoms with E-state index in [1.165, 1.54) is 19.0 Å². The normalized spacial score (nSPS) is 20.9. The Kier molecular flexibility index (Phi) is 6.94. The van der Waals surface area contributed by atoms with Crippen LogP contribution in [0.5, 0.6) is 0 Å². The van der Waals surface area contributed by atoms with Gasteiger partial charge in [0.2, 0.25) is 11.8 Å². The van der Waals surface area contributed by atoms with Crippen LogP contribution in [-0.4, -0.2) is 74.0 Å². The average Bonchev–Trinajstić information content (AvgIpc) is 2.72. The van der Waals surface area contributed by atoms with E-state index >= 15 is 0 Å². The summed E-state index contributed by atoms with van der Waals surface area (Å²) in [6.07, 6.45) is 4.29. The van der Waals surface area contributed by atoms with Crippen LogP contribution in [-0.2, 0) is 9.59 Å². The van der Waals surface area contributed by atoms with Crippen LogP contribution in [0.1, 0.15) is 39.5 Å². The standard InChI is InChI=1S/C22H34N4O2/c1-4-19-7-5-6-12-25(19)22(28)17-26(18(2)27)21-10-8-20(9-11-21)24-15-13-23(3)14-16-24/h8-11,19H,4-7,12-17H2,1-3H3. The lowest BCUT2D eigenvalue weighted by Gasteiger charge is -2.36. The fraction of sp³-hybridized carbons (Fsp3) is 0.636. The molecule has 0 N–H and O–H groups in total. The second kappa shape index (κ2) is 9.41. The van der Waals surface area contributed by atoms with Gasteiger partial charge in [-0.2, -0.15) is 0 Å². The van der Waals surface area contributed by atoms with Gasteiger partial charge in [0.1, 0.15) is 6.54 Å². The molecule has 2 aliphatic rings. The third-order valence-electron chi connectivity index (χ3n) is 6.12. The van der Waals surface area contributed by atoms with Crippen LogP contribution in [0.2, 0.25) is 0 Å². The third-order valence-corrected chi connectivity index (χ3v) is 6.12. The summed E-state index contributed by atoms with van der Waals surface area (Å²) in [5.74, 6) is -0.0318. The summed E-state index contributed by atoms with van der Waals surface area (Å²) in [5.41, 5.74) is 1.97. The number of carbonyl (C=O) groups excluding carboxylic acids is 2. The number of amides is 2. The summed E-state index contributed by atoms with van der Waals surface area (Å²) < 4.78 is 0. The van der Waals surface area contributed by atoms with Crippen molar-refractivity contribution in [3.8, 4) is 0 Å². The third kappa shape index (κ3) is 4.85. The van der Waals surface area contributed by atoms with Crippen LogP contribution in [0.15, 0.2) is 24.3 Å². The van der Waals surface area contributed by atoms with E-state index in [1.54, 1.807) is 4.90 Å². The highest BCUT2D eigenvalue weighted by atomic mass is 16.2. The van der Waals surface area contributed by atoms with Crippen LogP contribution < -0.4 is 9.80 Å². The van der Waals surface area contributed by atoms with E-state index < -0.39 is 0 Å². The van der Waals surface area contributed by atoms with Gasteiger partial charge in [-0.25, -0.2) is 0 Å². The molecule has 2 saturated heterocycles. The van der Waals surface area contributed by atoms with Gasteiger partial charge in [0.25, 0.3) is 0 Å². The largest absolute Gasteiger partial charge is 0.369 e. The SMILES string of the molecule is CCC1CCCCN1C(=O)CN(C(C)=O)c1ccc(N2CCN(C)CC2)cc1. The van der Waals surface area contributed by atoms with Crippen molar-refractivity contribution in [3.05, 3.63) is 24.3 Å². The monoisotopic (exact) mass is 386 g/mol. The molecule has 28 heavy (non-hydrogen) atoms. The van der Waals surface area contributed by atoms with Crippen molar-refractivity contribution in [3.63, 3.8) is 0 Å². The average molecular weight is 387 g/mol. The van der Waals surface area contributed by atoms with Crippen molar-refractivity contribution in [1.29, 1.82) is 0 Å². The Hall–Kier alpha value is -2.08. The van der Waals surface area contributed by atoms with Gasteiger partial charge < -0.3 is 19.6 Å². The number of hydrogen-bond donors (Lipinski definition) is 0. The maximum Gasteiger partial charge on any atom is 0.242 e. The predicted octanol–water partition coefficient (Wildman–Crippen LogP) is 2.58. The minimum atomic E-state index is -0.0919. The van der Waals surface area contributed by atoms with E-state index in [0.717, 1.165) is 57.7 Å². The molecule has 0 aliphatic carbocycles. The first-order valence-electron chi connectivity index (χ1n) is 10.6. The highest BCUT2D eigenvalue weighted by Crippen LogP contribution is 2.24. The van der Waals surface area contributed by atoms with Gasteiger partial charge in [0.05, 0.1) is 0 Å². The number of anilines is 2. The van der Waals surface area contributed by atoms with Crippen molar-refractivity contribution < 1.29 is 9.59 Å². The summed E-state index contributed by atoms with van der Waals surface area (Å²) in [4.78, 5) is 33.5. The van der Waals surface area contributed by atoms with E-state index in [1.807, 2.05) is 17.0 Å². The second-order valence-electron chi connectivity index (χ2n) is 8.06. The van der Waals surface area contributed by atoms with Crippen molar-refractivity contribution in [2.75, 3.05) is 56.1 Å². The lowest BCUT2D eigenvalue weighted by atomic mass is 10.00. The molecule has 0 radical (unpaired) electrons. The lowest BCUT2D eigenvalue weighted by Crippen LogP contribution is -2.48. The van der Waals surface area contributed by atoms with E-state index in [9.17, 15) is 9.59 Å². The zero-order valence-corrected chi connectivity index (χ0v) is 17.6. The maximum absolute atomic E-state index is 12.9. The highest BCUT2D eigenvalue weighted by molar-refractivity contribution is 5.97. The van der Waals surface area contributed by atoms with Crippen molar-refractivity contribution in [1.82, 2.24) is 9.80 Å². The Bertz CT molecular complexity index is 668. The fourth-order valence-electron chi connectivity index (χ4n) is 4.27. The molecule has 0 saturated carbocycles. The molecule has 6 nitrogen and oxygen atoms in total. The number of benzene rings is 1. The maximum atomic E-state index is 12.9. The Morgan fingerprint density at radius 3 is 2.32 bits per heavy atom. The lowest BCUT2D eigenvalue weighted by molar-refractivity contribution is -0.134. The zero-order chi connectivity index (χ0) is 20.1. The molecule has 0 bridgehead atoms. The van der Waals surface area contributed by atoms with E-state index in [4.69, 9.17) is 0 Å². The van der Waals surface area contributed by atoms with Gasteiger partial charge in [-0.15, -0.1) is 0 Å². The summed E-state index contributed by atoms with van der Waals surface area (Å²) in [7, 11) is 2.15. The van der Waals surface area contributed by atoms with Gasteiger partial charge in [-0.05, 0) is 57.0 Å². The summed E-state index contributed by atoms with van der Waals surface area (Å²) in [6, 6.07) is 8.38. The number of likely N-dealkylation sites (tertiary alicyclic amines) is 1. The highest BCUT2D eigenvalue weighted by Gasteiger charge is 2.27. The van der Waals surface area contributed by atoms with Gasteiger partial charge in [-0.1, -0.05) is 6.92 Å². The predicted molar refractivity (Wildman–Crippen MR) is 114 cm³/mol. The Balaban J connectivity index is 1.68. The first kappa shape index (κ1) is 20.6. The molecular weight excluding hydrogens is 352 g/mol. The molecule has 1 unspecified atom stereocenters. The molecule has 2 heterocycles. The van der Waals surface area contributed by atoms with Gasteiger partial charge in [-0.3, -0.25) is 9.59 Å². The molecule has 0 spiro atoms. The molecule has 1 atom stereocenters. The summed E-state index contributed by atoms with van der Waals surface area (Å²) >= 11 is 0. The van der Waals surface area contributed by atoms with Crippen LogP contribution in [0, 0.1) is 0 Å². The zero-order valence-electron chi connectivity index (χ0n) is 17.6. The molecule has 3 rings (SSSR count). The van der Waals surface area contributed by atoms with Gasteiger partial charge in [0.15, 0.2) is 0 Å². The molecule has 2 aliphatic heterocycles. The van der Waals surface area contributed by atoms with Gasteiger partial charge >= 0.3 is 0 Å². The van der Waals surface area contributed by atoms with E-state index in [0.29, 0.717) is 6.04 Å². The number of hydrogen-bond acceptors (Lipinski definition) is 4. The molecule has 2 amide bonds. The molecule has 1 aromatic carbocycles. The topological polar surface area (TPSA) is 47.1 Å². The molecule has 154 valence electrons. The summed E-state index contributed by atoms with van der Waals surface area (Å²) in [5, 5.41) is 0. The number of likely N-dealkylation sites (N-methyl/N-ethyl adjacent to an activating group) is 1. The van der Waals surface area contributed by atoms with Crippen LogP contribution in [0.3, 0.4) is 0 Å². The quantitative estimate of drug-likeness (QED) is 0.780. The molecule has 1 aromatic rings. The van der Waals surface area contributed by atoms with Crippen molar-refractivity contribution in [2.45, 2.75) is 45.6 Å². The van der Waals surface area contributed by atoms with Crippen molar-refractivity contribution >= 4 is 23.2 Å². The minimum absolute atomic E-state index is 0.0601. The van der Waals surface area contributed by atoms with E-state index in [-0.39, 0.29) is 18.4 Å². The minimum Gasteiger partial charge on any atom is -0.369 e. The number of piperazine rings is 1. The number of piperidine rings is 1. The molecule has 2 fully saturated rings.